The third kappa shape index (κ3) is 4.43. The smallest absolute Gasteiger partial charge is 0.270 e. The maximum atomic E-state index is 13.7. The van der Waals surface area contributed by atoms with E-state index in [1.165, 1.54) is 47.4 Å². The second-order valence-corrected chi connectivity index (χ2v) is 8.37. The molecule has 184 valence electrons. The molecule has 0 radical (unpaired) electrons. The Labute approximate surface area is 210 Å². The molecule has 5 rings (SSSR count). The van der Waals surface area contributed by atoms with Crippen LogP contribution < -0.4 is 14.4 Å². The average Bonchev–Trinajstić information content (AvgIpc) is 3.50. The third-order valence-corrected chi connectivity index (χ3v) is 6.11. The number of nitriles is 1. The molecule has 0 spiro atoms. The number of nitrogens with zero attached hydrogens (tertiary/aromatic N) is 4. The van der Waals surface area contributed by atoms with Crippen LogP contribution in [0.1, 0.15) is 27.9 Å². The van der Waals surface area contributed by atoms with Gasteiger partial charge in [0.25, 0.3) is 17.5 Å². The first-order valence-electron chi connectivity index (χ1n) is 11.2. The maximum absolute atomic E-state index is 13.7. The number of carbonyl (C=O) groups is 3. The van der Waals surface area contributed by atoms with E-state index < -0.39 is 28.7 Å². The van der Waals surface area contributed by atoms with E-state index in [1.807, 2.05) is 6.07 Å². The summed E-state index contributed by atoms with van der Waals surface area (Å²) in [5, 5.41) is 20.3. The van der Waals surface area contributed by atoms with Gasteiger partial charge in [0.1, 0.15) is 6.04 Å². The number of anilines is 1. The van der Waals surface area contributed by atoms with E-state index in [1.54, 1.807) is 18.2 Å². The Hall–Kier alpha value is -5.24. The Balaban J connectivity index is 1.50. The van der Waals surface area contributed by atoms with Crippen molar-refractivity contribution in [3.05, 3.63) is 93.5 Å². The van der Waals surface area contributed by atoms with Crippen molar-refractivity contribution in [2.75, 3.05) is 11.7 Å². The fraction of sp³-hybridized carbons (Fsp3) is 0.154. The molecule has 3 amide bonds. The number of rotatable bonds is 6. The van der Waals surface area contributed by atoms with E-state index in [9.17, 15) is 24.5 Å². The molecule has 2 aliphatic heterocycles. The number of hydrogen-bond acceptors (Lipinski definition) is 8. The maximum Gasteiger partial charge on any atom is 0.270 e. The second-order valence-electron chi connectivity index (χ2n) is 8.37. The Kier molecular flexibility index (Phi) is 5.99. The summed E-state index contributed by atoms with van der Waals surface area (Å²) in [4.78, 5) is 53.0. The number of carbonyl (C=O) groups excluding carboxylic acids is 3. The molecule has 0 aromatic heterocycles. The number of ether oxygens (including phenoxy) is 2. The van der Waals surface area contributed by atoms with E-state index in [-0.39, 0.29) is 36.7 Å². The van der Waals surface area contributed by atoms with E-state index in [4.69, 9.17) is 14.7 Å². The number of amides is 3. The summed E-state index contributed by atoms with van der Waals surface area (Å²) in [6.07, 6.45) is -0.274. The van der Waals surface area contributed by atoms with Crippen LogP contribution in [-0.2, 0) is 16.1 Å². The van der Waals surface area contributed by atoms with E-state index in [0.717, 1.165) is 11.0 Å². The van der Waals surface area contributed by atoms with Gasteiger partial charge in [-0.15, -0.1) is 0 Å². The molecule has 0 bridgehead atoms. The zero-order valence-corrected chi connectivity index (χ0v) is 19.2. The quantitative estimate of drug-likeness (QED) is 0.286. The van der Waals surface area contributed by atoms with Crippen LogP contribution in [0.3, 0.4) is 0 Å². The number of imide groups is 1. The van der Waals surface area contributed by atoms with Crippen molar-refractivity contribution in [1.29, 1.82) is 5.26 Å². The predicted molar refractivity (Wildman–Crippen MR) is 128 cm³/mol. The second kappa shape index (κ2) is 9.43. The van der Waals surface area contributed by atoms with Crippen molar-refractivity contribution in [2.45, 2.75) is 19.0 Å². The minimum absolute atomic E-state index is 0.00650. The van der Waals surface area contributed by atoms with Crippen LogP contribution >= 0.6 is 0 Å². The molecule has 0 saturated carbocycles. The van der Waals surface area contributed by atoms with Crippen LogP contribution in [0.4, 0.5) is 11.4 Å². The van der Waals surface area contributed by atoms with Gasteiger partial charge in [-0.1, -0.05) is 12.1 Å². The average molecular weight is 498 g/mol. The Morgan fingerprint density at radius 1 is 1.08 bits per heavy atom. The van der Waals surface area contributed by atoms with Crippen molar-refractivity contribution in [1.82, 2.24) is 4.90 Å². The zero-order chi connectivity index (χ0) is 26.1. The largest absolute Gasteiger partial charge is 0.454 e. The zero-order valence-electron chi connectivity index (χ0n) is 19.2. The number of non-ortho nitro benzene ring substituents is 1. The molecule has 2 heterocycles. The fourth-order valence-electron chi connectivity index (χ4n) is 4.29. The van der Waals surface area contributed by atoms with Crippen LogP contribution in [-0.4, -0.2) is 40.4 Å². The summed E-state index contributed by atoms with van der Waals surface area (Å²) in [7, 11) is 0. The molecular formula is C26H18N4O7. The molecule has 1 fully saturated rings. The first kappa shape index (κ1) is 23.5. The molecule has 1 atom stereocenters. The number of hydrogen-bond donors (Lipinski definition) is 0. The summed E-state index contributed by atoms with van der Waals surface area (Å²) < 4.78 is 10.7. The highest BCUT2D eigenvalue weighted by atomic mass is 16.7. The van der Waals surface area contributed by atoms with Crippen molar-refractivity contribution in [3.63, 3.8) is 0 Å². The number of nitro benzene ring substituents is 1. The predicted octanol–water partition coefficient (Wildman–Crippen LogP) is 3.17. The first-order valence-corrected chi connectivity index (χ1v) is 11.2. The molecule has 37 heavy (non-hydrogen) atoms. The SMILES string of the molecule is N#Cc1ccc(N2C(=O)CC(N(Cc3ccc4c(c3)OCO4)C(=O)c3cccc([N+](=O)[O-])c3)C2=O)cc1. The molecule has 1 unspecified atom stereocenters. The first-order chi connectivity index (χ1) is 17.9. The minimum Gasteiger partial charge on any atom is -0.454 e. The molecule has 1 saturated heterocycles. The van der Waals surface area contributed by atoms with Crippen molar-refractivity contribution < 1.29 is 28.8 Å². The van der Waals surface area contributed by atoms with Crippen LogP contribution in [0, 0.1) is 21.4 Å². The van der Waals surface area contributed by atoms with Gasteiger partial charge in [-0.05, 0) is 48.0 Å². The summed E-state index contributed by atoms with van der Waals surface area (Å²) in [6, 6.07) is 17.0. The number of nitro groups is 1. The Morgan fingerprint density at radius 2 is 1.84 bits per heavy atom. The minimum atomic E-state index is -1.15. The van der Waals surface area contributed by atoms with Crippen molar-refractivity contribution >= 4 is 29.1 Å². The lowest BCUT2D eigenvalue weighted by Gasteiger charge is -2.28. The number of benzene rings is 3. The van der Waals surface area contributed by atoms with Crippen LogP contribution in [0.15, 0.2) is 66.7 Å². The van der Waals surface area contributed by atoms with Crippen molar-refractivity contribution in [2.24, 2.45) is 0 Å². The molecule has 0 N–H and O–H groups in total. The topological polar surface area (TPSA) is 143 Å². The molecule has 2 aliphatic rings. The molecule has 0 aliphatic carbocycles. The van der Waals surface area contributed by atoms with Gasteiger partial charge in [0.2, 0.25) is 12.7 Å². The monoisotopic (exact) mass is 498 g/mol. The molecule has 11 nitrogen and oxygen atoms in total. The van der Waals surface area contributed by atoms with E-state index >= 15 is 0 Å². The van der Waals surface area contributed by atoms with Crippen LogP contribution in [0.25, 0.3) is 0 Å². The normalized spacial score (nSPS) is 16.0. The standard InChI is InChI=1S/C26H18N4O7/c27-13-16-4-7-19(8-5-16)29-24(31)12-21(26(29)33)28(14-17-6-9-22-23(10-17)37-15-36-22)25(32)18-2-1-3-20(11-18)30(34)35/h1-11,21H,12,14-15H2. The summed E-state index contributed by atoms with van der Waals surface area (Å²) in [6.45, 7) is -0.00661. The van der Waals surface area contributed by atoms with Gasteiger partial charge in [-0.3, -0.25) is 24.5 Å². The highest BCUT2D eigenvalue weighted by Gasteiger charge is 2.44. The van der Waals surface area contributed by atoms with Gasteiger partial charge in [0, 0.05) is 24.2 Å². The Morgan fingerprint density at radius 3 is 2.57 bits per heavy atom. The van der Waals surface area contributed by atoms with Gasteiger partial charge in [0.05, 0.1) is 28.7 Å². The van der Waals surface area contributed by atoms with Crippen molar-refractivity contribution in [3.8, 4) is 17.6 Å². The van der Waals surface area contributed by atoms with Crippen LogP contribution in [0.5, 0.6) is 11.5 Å². The Bertz CT molecular complexity index is 1480. The summed E-state index contributed by atoms with van der Waals surface area (Å²) in [5.41, 5.74) is 0.987. The fourth-order valence-corrected chi connectivity index (χ4v) is 4.29. The number of fused-ring (bicyclic) bond motifs is 1. The lowest BCUT2D eigenvalue weighted by Crippen LogP contribution is -2.45. The molecule has 3 aromatic rings. The highest BCUT2D eigenvalue weighted by Crippen LogP contribution is 2.34. The lowest BCUT2D eigenvalue weighted by atomic mass is 10.1. The van der Waals surface area contributed by atoms with E-state index in [0.29, 0.717) is 22.6 Å². The van der Waals surface area contributed by atoms with Gasteiger partial charge < -0.3 is 14.4 Å². The molecular weight excluding hydrogens is 480 g/mol. The summed E-state index contributed by atoms with van der Waals surface area (Å²) >= 11 is 0. The lowest BCUT2D eigenvalue weighted by molar-refractivity contribution is -0.384. The van der Waals surface area contributed by atoms with Gasteiger partial charge >= 0.3 is 0 Å². The van der Waals surface area contributed by atoms with Gasteiger partial charge in [-0.25, -0.2) is 4.90 Å². The van der Waals surface area contributed by atoms with E-state index in [2.05, 4.69) is 0 Å². The highest BCUT2D eigenvalue weighted by molar-refractivity contribution is 6.23. The van der Waals surface area contributed by atoms with Crippen LogP contribution in [0.2, 0.25) is 0 Å². The third-order valence-electron chi connectivity index (χ3n) is 6.11. The van der Waals surface area contributed by atoms with Gasteiger partial charge in [-0.2, -0.15) is 5.26 Å². The molecule has 3 aromatic carbocycles. The molecule has 11 heteroatoms. The summed E-state index contributed by atoms with van der Waals surface area (Å²) in [5.74, 6) is -0.752. The van der Waals surface area contributed by atoms with Gasteiger partial charge in [0.15, 0.2) is 11.5 Å².